The molecule has 7 heteroatoms. The number of benzene rings is 8. The third kappa shape index (κ3) is 3.39. The third-order valence-corrected chi connectivity index (χ3v) is 12.6. The first-order valence-electron chi connectivity index (χ1n) is 19.0. The molecule has 0 radical (unpaired) electrons. The summed E-state index contributed by atoms with van der Waals surface area (Å²) in [6.07, 6.45) is 0. The van der Waals surface area contributed by atoms with E-state index in [0.29, 0.717) is 0 Å². The first-order valence-corrected chi connectivity index (χ1v) is 19.0. The van der Waals surface area contributed by atoms with Crippen LogP contribution in [-0.4, -0.2) is 18.0 Å². The normalized spacial score (nSPS) is 14.3. The molecule has 1 aromatic heterocycles. The first-order chi connectivity index (χ1) is 27.3. The Morgan fingerprint density at radius 1 is 0.364 bits per heavy atom. The summed E-state index contributed by atoms with van der Waals surface area (Å²) in [5.74, 6) is 3.43. The fourth-order valence-corrected chi connectivity index (χ4v) is 10.6. The lowest BCUT2D eigenvalue weighted by Crippen LogP contribution is -2.65. The number of rotatable bonds is 2. The molecule has 9 aromatic rings. The smallest absolute Gasteiger partial charge is 0.261 e. The molecule has 5 aliphatic rings. The summed E-state index contributed by atoms with van der Waals surface area (Å²) in [5.41, 5.74) is 17.7. The van der Waals surface area contributed by atoms with Gasteiger partial charge in [0, 0.05) is 56.0 Å². The molecule has 0 unspecified atom stereocenters. The molecule has 0 spiro atoms. The number of hydrogen-bond donors (Lipinski definition) is 0. The Labute approximate surface area is 317 Å². The summed E-state index contributed by atoms with van der Waals surface area (Å²) in [4.78, 5) is 4.93. The molecular weight excluding hydrogens is 672 g/mol. The number of hydrogen-bond acceptors (Lipinski definition) is 4. The van der Waals surface area contributed by atoms with Gasteiger partial charge in [0.05, 0.1) is 11.0 Å². The highest BCUT2D eigenvalue weighted by Gasteiger charge is 2.49. The fraction of sp³-hybridized carbons (Fsp3) is 0. The Kier molecular flexibility index (Phi) is 5.11. The van der Waals surface area contributed by atoms with E-state index in [2.05, 4.69) is 178 Å². The second-order valence-electron chi connectivity index (χ2n) is 15.2. The van der Waals surface area contributed by atoms with Crippen molar-refractivity contribution in [1.29, 1.82) is 0 Å². The number of nitrogens with zero attached hydrogens (tertiary/aromatic N) is 3. The molecule has 8 aromatic carbocycles. The number of anilines is 6. The summed E-state index contributed by atoms with van der Waals surface area (Å²) in [6, 6.07) is 59.6. The van der Waals surface area contributed by atoms with E-state index in [9.17, 15) is 0 Å². The highest BCUT2D eigenvalue weighted by Crippen LogP contribution is 2.47. The highest BCUT2D eigenvalue weighted by molar-refractivity contribution is 7.03. The zero-order chi connectivity index (χ0) is 35.5. The molecule has 0 saturated heterocycles. The summed E-state index contributed by atoms with van der Waals surface area (Å²) >= 11 is 0. The van der Waals surface area contributed by atoms with E-state index in [4.69, 9.17) is 9.47 Å². The maximum absolute atomic E-state index is 7.37. The van der Waals surface area contributed by atoms with Crippen molar-refractivity contribution in [3.8, 4) is 28.7 Å². The van der Waals surface area contributed by atoms with Gasteiger partial charge in [-0.05, 0) is 112 Å². The molecule has 0 amide bonds. The van der Waals surface area contributed by atoms with Gasteiger partial charge in [0.25, 0.3) is 13.4 Å². The molecule has 5 nitrogen and oxygen atoms in total. The molecule has 14 rings (SSSR count). The van der Waals surface area contributed by atoms with Gasteiger partial charge in [0.2, 0.25) is 0 Å². The Morgan fingerprint density at radius 2 is 0.909 bits per heavy atom. The van der Waals surface area contributed by atoms with Gasteiger partial charge in [0.1, 0.15) is 23.0 Å². The summed E-state index contributed by atoms with van der Waals surface area (Å²) in [5, 5.41) is 2.48. The van der Waals surface area contributed by atoms with Crippen LogP contribution in [0.1, 0.15) is 0 Å². The molecule has 6 heterocycles. The lowest BCUT2D eigenvalue weighted by atomic mass is 9.30. The third-order valence-electron chi connectivity index (χ3n) is 12.6. The van der Waals surface area contributed by atoms with E-state index in [-0.39, 0.29) is 13.4 Å². The highest BCUT2D eigenvalue weighted by atomic mass is 16.5. The molecule has 0 atom stereocenters. The van der Waals surface area contributed by atoms with Gasteiger partial charge in [-0.25, -0.2) is 0 Å². The first kappa shape index (κ1) is 28.4. The number of fused-ring (bicyclic) bond motifs is 4. The Morgan fingerprint density at radius 3 is 1.62 bits per heavy atom. The van der Waals surface area contributed by atoms with Crippen LogP contribution in [-0.2, 0) is 0 Å². The second-order valence-corrected chi connectivity index (χ2v) is 15.2. The molecule has 0 saturated carbocycles. The number of aromatic nitrogens is 1. The number of ether oxygens (including phenoxy) is 2. The topological polar surface area (TPSA) is 29.9 Å². The van der Waals surface area contributed by atoms with Crippen molar-refractivity contribution in [2.75, 3.05) is 9.80 Å². The van der Waals surface area contributed by atoms with Gasteiger partial charge in [0.15, 0.2) is 0 Å². The average Bonchev–Trinajstić information content (AvgIpc) is 3.57. The van der Waals surface area contributed by atoms with E-state index < -0.39 is 0 Å². The minimum Gasteiger partial charge on any atom is -0.458 e. The molecule has 252 valence electrons. The maximum atomic E-state index is 7.37. The Bertz CT molecular complexity index is 3200. The summed E-state index contributed by atoms with van der Waals surface area (Å²) in [7, 11) is 0. The van der Waals surface area contributed by atoms with E-state index in [1.54, 1.807) is 0 Å². The summed E-state index contributed by atoms with van der Waals surface area (Å²) < 4.78 is 16.7. The average molecular weight is 699 g/mol. The van der Waals surface area contributed by atoms with Crippen LogP contribution in [0.4, 0.5) is 34.1 Å². The Hall–Kier alpha value is -7.11. The predicted molar refractivity (Wildman–Crippen MR) is 226 cm³/mol. The minimum absolute atomic E-state index is 0.0756. The molecular formula is C48H27B2N3O2. The lowest BCUT2D eigenvalue weighted by Gasteiger charge is -2.45. The molecule has 55 heavy (non-hydrogen) atoms. The van der Waals surface area contributed by atoms with Crippen LogP contribution in [0, 0.1) is 0 Å². The molecule has 0 N–H and O–H groups in total. The van der Waals surface area contributed by atoms with Crippen molar-refractivity contribution < 1.29 is 9.47 Å². The van der Waals surface area contributed by atoms with Crippen molar-refractivity contribution >= 4 is 102 Å². The lowest BCUT2D eigenvalue weighted by molar-refractivity contribution is 0.468. The fourth-order valence-electron chi connectivity index (χ4n) is 10.6. The van der Waals surface area contributed by atoms with Crippen LogP contribution >= 0.6 is 0 Å². The Balaban J connectivity index is 1.21. The molecule has 2 bridgehead atoms. The zero-order valence-electron chi connectivity index (χ0n) is 29.4. The van der Waals surface area contributed by atoms with Crippen LogP contribution in [0.2, 0.25) is 0 Å². The predicted octanol–water partition coefficient (Wildman–Crippen LogP) is 7.91. The van der Waals surface area contributed by atoms with Crippen LogP contribution < -0.4 is 52.1 Å². The van der Waals surface area contributed by atoms with Gasteiger partial charge >= 0.3 is 0 Å². The van der Waals surface area contributed by atoms with Gasteiger partial charge < -0.3 is 23.8 Å². The van der Waals surface area contributed by atoms with Gasteiger partial charge in [-0.15, -0.1) is 0 Å². The monoisotopic (exact) mass is 699 g/mol. The van der Waals surface area contributed by atoms with Crippen LogP contribution in [0.15, 0.2) is 164 Å². The van der Waals surface area contributed by atoms with Gasteiger partial charge in [-0.3, -0.25) is 0 Å². The molecule has 0 aliphatic carbocycles. The molecule has 0 fully saturated rings. The van der Waals surface area contributed by atoms with E-state index in [1.807, 2.05) is 0 Å². The standard InChI is InChI=1S/C48H27B2N3O2/c1-3-12-28(13-4-1)51-35-18-9-19-36-44(35)49-32-26-33-39(27-38(32)51)52(29-14-5-2-6-15-29)37-20-10-21-40-45(37)50(33)46-41(54-40)22-11-23-42(46)55-43-25-24-31-30-16-7-8-17-34(30)53(36)48(31)47(43)49/h1-27H. The maximum Gasteiger partial charge on any atom is 0.261 e. The van der Waals surface area contributed by atoms with E-state index >= 15 is 0 Å². The van der Waals surface area contributed by atoms with Crippen molar-refractivity contribution in [3.63, 3.8) is 0 Å². The van der Waals surface area contributed by atoms with E-state index in [0.717, 1.165) is 51.2 Å². The second kappa shape index (κ2) is 9.90. The van der Waals surface area contributed by atoms with Gasteiger partial charge in [-0.1, -0.05) is 78.9 Å². The van der Waals surface area contributed by atoms with Crippen molar-refractivity contribution in [3.05, 3.63) is 164 Å². The van der Waals surface area contributed by atoms with Crippen LogP contribution in [0.25, 0.3) is 27.5 Å². The zero-order valence-corrected chi connectivity index (χ0v) is 29.4. The molecule has 5 aliphatic heterocycles. The number of para-hydroxylation sites is 3. The van der Waals surface area contributed by atoms with Crippen molar-refractivity contribution in [2.45, 2.75) is 0 Å². The minimum atomic E-state index is -0.103. The van der Waals surface area contributed by atoms with Crippen molar-refractivity contribution in [2.24, 2.45) is 0 Å². The van der Waals surface area contributed by atoms with Crippen LogP contribution in [0.3, 0.4) is 0 Å². The van der Waals surface area contributed by atoms with E-state index in [1.165, 1.54) is 66.2 Å². The van der Waals surface area contributed by atoms with Gasteiger partial charge in [-0.2, -0.15) is 0 Å². The summed E-state index contributed by atoms with van der Waals surface area (Å²) in [6.45, 7) is -0.179. The largest absolute Gasteiger partial charge is 0.458 e. The van der Waals surface area contributed by atoms with Crippen LogP contribution in [0.5, 0.6) is 23.0 Å². The van der Waals surface area contributed by atoms with Crippen molar-refractivity contribution in [1.82, 2.24) is 4.57 Å². The quantitative estimate of drug-likeness (QED) is 0.172. The SMILES string of the molecule is c1ccc(N2c3cc4c5cc3B3c6c(cccc6Oc6ccc7c8ccccc8n8c7c6B5c5c(cccc5-8)N4c4ccccc4)Oc4cccc2c43)cc1.